The Hall–Kier alpha value is -3.53. The first kappa shape index (κ1) is 15.7. The fourth-order valence-electron chi connectivity index (χ4n) is 3.73. The number of imidazole rings is 1. The minimum atomic E-state index is 0.734. The molecule has 3 aromatic carbocycles. The van der Waals surface area contributed by atoms with Crippen LogP contribution >= 0.6 is 0 Å². The normalized spacial score (nSPS) is 11.3. The monoisotopic (exact) mass is 354 g/mol. The van der Waals surface area contributed by atoms with E-state index in [1.807, 2.05) is 36.4 Å². The zero-order chi connectivity index (χ0) is 18.4. The predicted octanol–water partition coefficient (Wildman–Crippen LogP) is 5.32. The Morgan fingerprint density at radius 3 is 2.26 bits per heavy atom. The molecule has 2 heterocycles. The van der Waals surface area contributed by atoms with Crippen molar-refractivity contribution >= 4 is 27.5 Å². The lowest BCUT2D eigenvalue weighted by Crippen LogP contribution is -1.96. The summed E-state index contributed by atoms with van der Waals surface area (Å²) in [5.74, 6) is 1.50. The van der Waals surface area contributed by atoms with Gasteiger partial charge in [-0.25, -0.2) is 4.98 Å². The highest BCUT2D eigenvalue weighted by Gasteiger charge is 2.19. The van der Waals surface area contributed by atoms with Crippen molar-refractivity contribution in [3.63, 3.8) is 0 Å². The number of hydrogen-bond donors (Lipinski definition) is 0. The van der Waals surface area contributed by atoms with Crippen LogP contribution in [0.5, 0.6) is 11.5 Å². The SMILES string of the molecule is COc1ccc(OC)c2c1nc1c3ccccc3cc(-c3ccccc3)n12. The number of benzene rings is 3. The molecule has 0 atom stereocenters. The molecule has 0 N–H and O–H groups in total. The molecular weight excluding hydrogens is 336 g/mol. The van der Waals surface area contributed by atoms with Crippen molar-refractivity contribution in [3.8, 4) is 22.8 Å². The summed E-state index contributed by atoms with van der Waals surface area (Å²) in [7, 11) is 3.35. The maximum absolute atomic E-state index is 5.68. The average Bonchev–Trinajstić information content (AvgIpc) is 3.14. The van der Waals surface area contributed by atoms with Crippen molar-refractivity contribution in [2.45, 2.75) is 0 Å². The quantitative estimate of drug-likeness (QED) is 0.440. The molecule has 0 saturated heterocycles. The second-order valence-electron chi connectivity index (χ2n) is 6.42. The number of aromatic nitrogens is 2. The van der Waals surface area contributed by atoms with E-state index >= 15 is 0 Å². The molecule has 0 fully saturated rings. The number of rotatable bonds is 3. The van der Waals surface area contributed by atoms with Crippen LogP contribution in [0.15, 0.2) is 72.8 Å². The molecule has 0 spiro atoms. The lowest BCUT2D eigenvalue weighted by atomic mass is 10.1. The van der Waals surface area contributed by atoms with Gasteiger partial charge < -0.3 is 9.47 Å². The van der Waals surface area contributed by atoms with Crippen molar-refractivity contribution in [1.82, 2.24) is 9.38 Å². The summed E-state index contributed by atoms with van der Waals surface area (Å²) in [6.07, 6.45) is 0. The van der Waals surface area contributed by atoms with E-state index in [4.69, 9.17) is 14.5 Å². The van der Waals surface area contributed by atoms with Gasteiger partial charge in [-0.3, -0.25) is 4.40 Å². The first-order chi connectivity index (χ1) is 13.3. The Labute approximate surface area is 156 Å². The summed E-state index contributed by atoms with van der Waals surface area (Å²) in [6.45, 7) is 0. The molecule has 0 unspecified atom stereocenters. The fraction of sp³-hybridized carbons (Fsp3) is 0.0870. The van der Waals surface area contributed by atoms with Crippen molar-refractivity contribution < 1.29 is 9.47 Å². The minimum Gasteiger partial charge on any atom is -0.494 e. The molecule has 0 aliphatic rings. The molecule has 2 aromatic heterocycles. The second-order valence-corrected chi connectivity index (χ2v) is 6.42. The van der Waals surface area contributed by atoms with E-state index in [0.29, 0.717) is 0 Å². The van der Waals surface area contributed by atoms with Gasteiger partial charge >= 0.3 is 0 Å². The van der Waals surface area contributed by atoms with E-state index in [9.17, 15) is 0 Å². The smallest absolute Gasteiger partial charge is 0.147 e. The van der Waals surface area contributed by atoms with Crippen LogP contribution in [0.2, 0.25) is 0 Å². The van der Waals surface area contributed by atoms with Gasteiger partial charge in [0.25, 0.3) is 0 Å². The summed E-state index contributed by atoms with van der Waals surface area (Å²) < 4.78 is 13.4. The summed E-state index contributed by atoms with van der Waals surface area (Å²) >= 11 is 0. The highest BCUT2D eigenvalue weighted by Crippen LogP contribution is 2.38. The minimum absolute atomic E-state index is 0.734. The Morgan fingerprint density at radius 2 is 1.48 bits per heavy atom. The molecule has 0 radical (unpaired) electrons. The zero-order valence-electron chi connectivity index (χ0n) is 15.1. The van der Waals surface area contributed by atoms with Crippen molar-refractivity contribution in [3.05, 3.63) is 72.8 Å². The molecule has 0 saturated carbocycles. The largest absolute Gasteiger partial charge is 0.494 e. The topological polar surface area (TPSA) is 35.8 Å². The third-order valence-corrected chi connectivity index (χ3v) is 4.97. The molecule has 0 bridgehead atoms. The van der Waals surface area contributed by atoms with E-state index in [-0.39, 0.29) is 0 Å². The standard InChI is InChI=1S/C23H18N2O2/c1-26-19-12-13-20(27-2)22-21(19)24-23-17-11-7-6-10-16(17)14-18(25(22)23)15-8-4-3-5-9-15/h3-14H,1-2H3. The lowest BCUT2D eigenvalue weighted by molar-refractivity contribution is 0.409. The third-order valence-electron chi connectivity index (χ3n) is 4.97. The fourth-order valence-corrected chi connectivity index (χ4v) is 3.73. The molecule has 0 aliphatic heterocycles. The predicted molar refractivity (Wildman–Crippen MR) is 109 cm³/mol. The summed E-state index contributed by atoms with van der Waals surface area (Å²) in [6, 6.07) is 24.7. The van der Waals surface area contributed by atoms with Crippen molar-refractivity contribution in [2.24, 2.45) is 0 Å². The van der Waals surface area contributed by atoms with E-state index in [1.165, 1.54) is 0 Å². The molecule has 5 rings (SSSR count). The summed E-state index contributed by atoms with van der Waals surface area (Å²) in [4.78, 5) is 4.97. The molecule has 0 amide bonds. The van der Waals surface area contributed by atoms with Gasteiger partial charge in [0.15, 0.2) is 0 Å². The second kappa shape index (κ2) is 6.02. The number of fused-ring (bicyclic) bond motifs is 5. The van der Waals surface area contributed by atoms with Gasteiger partial charge in [0, 0.05) is 5.39 Å². The van der Waals surface area contributed by atoms with Crippen LogP contribution in [0.1, 0.15) is 0 Å². The first-order valence-corrected chi connectivity index (χ1v) is 8.82. The molecule has 27 heavy (non-hydrogen) atoms. The van der Waals surface area contributed by atoms with Crippen molar-refractivity contribution in [1.29, 1.82) is 0 Å². The number of hydrogen-bond acceptors (Lipinski definition) is 3. The number of methoxy groups -OCH3 is 2. The van der Waals surface area contributed by atoms with Crippen LogP contribution in [0, 0.1) is 0 Å². The van der Waals surface area contributed by atoms with Crippen LogP contribution in [0.3, 0.4) is 0 Å². The van der Waals surface area contributed by atoms with Gasteiger partial charge in [0.1, 0.15) is 28.2 Å². The maximum atomic E-state index is 5.68. The summed E-state index contributed by atoms with van der Waals surface area (Å²) in [5, 5.41) is 2.24. The van der Waals surface area contributed by atoms with Gasteiger partial charge in [-0.05, 0) is 29.1 Å². The Bertz CT molecular complexity index is 1290. The van der Waals surface area contributed by atoms with E-state index < -0.39 is 0 Å². The Kier molecular flexibility index (Phi) is 3.50. The van der Waals surface area contributed by atoms with Gasteiger partial charge in [-0.15, -0.1) is 0 Å². The average molecular weight is 354 g/mol. The van der Waals surface area contributed by atoms with Crippen LogP contribution in [0.4, 0.5) is 0 Å². The molecule has 4 heteroatoms. The lowest BCUT2D eigenvalue weighted by Gasteiger charge is -2.12. The van der Waals surface area contributed by atoms with Crippen LogP contribution in [-0.4, -0.2) is 23.6 Å². The summed E-state index contributed by atoms with van der Waals surface area (Å²) in [5.41, 5.74) is 4.79. The highest BCUT2D eigenvalue weighted by atomic mass is 16.5. The molecular formula is C23H18N2O2. The van der Waals surface area contributed by atoms with Gasteiger partial charge in [0.05, 0.1) is 19.9 Å². The van der Waals surface area contributed by atoms with E-state index in [0.717, 1.165) is 50.2 Å². The highest BCUT2D eigenvalue weighted by molar-refractivity contribution is 6.03. The van der Waals surface area contributed by atoms with Gasteiger partial charge in [0.2, 0.25) is 0 Å². The van der Waals surface area contributed by atoms with E-state index in [1.54, 1.807) is 14.2 Å². The number of pyridine rings is 1. The van der Waals surface area contributed by atoms with Gasteiger partial charge in [-0.2, -0.15) is 0 Å². The van der Waals surface area contributed by atoms with E-state index in [2.05, 4.69) is 40.8 Å². The third kappa shape index (κ3) is 2.27. The maximum Gasteiger partial charge on any atom is 0.147 e. The van der Waals surface area contributed by atoms with Crippen LogP contribution in [0.25, 0.3) is 38.7 Å². The number of nitrogens with zero attached hydrogens (tertiary/aromatic N) is 2. The number of ether oxygens (including phenoxy) is 2. The Balaban J connectivity index is 2.07. The van der Waals surface area contributed by atoms with Crippen molar-refractivity contribution in [2.75, 3.05) is 14.2 Å². The molecule has 5 aromatic rings. The molecule has 0 aliphatic carbocycles. The zero-order valence-corrected chi connectivity index (χ0v) is 15.1. The van der Waals surface area contributed by atoms with Gasteiger partial charge in [-0.1, -0.05) is 54.6 Å². The molecule has 132 valence electrons. The molecule has 4 nitrogen and oxygen atoms in total. The van der Waals surface area contributed by atoms with Crippen LogP contribution < -0.4 is 9.47 Å². The Morgan fingerprint density at radius 1 is 0.778 bits per heavy atom. The first-order valence-electron chi connectivity index (χ1n) is 8.82. The van der Waals surface area contributed by atoms with Crippen LogP contribution in [-0.2, 0) is 0 Å².